The molecule has 0 fully saturated rings. The molecule has 190 valence electrons. The number of hydrogen-bond donors (Lipinski definition) is 1. The van der Waals surface area contributed by atoms with Gasteiger partial charge in [0.05, 0.1) is 24.7 Å². The van der Waals surface area contributed by atoms with Crippen LogP contribution >= 0.6 is 0 Å². The van der Waals surface area contributed by atoms with Crippen LogP contribution in [0.2, 0.25) is 0 Å². The fourth-order valence-corrected chi connectivity index (χ4v) is 4.94. The average Bonchev–Trinajstić information content (AvgIpc) is 3.16. The van der Waals surface area contributed by atoms with Gasteiger partial charge in [-0.25, -0.2) is 18.2 Å². The first-order valence-corrected chi connectivity index (χ1v) is 13.4. The quantitative estimate of drug-likeness (QED) is 0.264. The first-order chi connectivity index (χ1) is 17.6. The molecule has 1 aromatic heterocycles. The van der Waals surface area contributed by atoms with Crippen LogP contribution in [0.4, 0.5) is 10.1 Å². The maximum absolute atomic E-state index is 13.3. The zero-order valence-electron chi connectivity index (χ0n) is 20.7. The lowest BCUT2D eigenvalue weighted by Gasteiger charge is -2.22. The Kier molecular flexibility index (Phi) is 7.54. The molecule has 1 heterocycles. The molecule has 0 aliphatic rings. The van der Waals surface area contributed by atoms with Gasteiger partial charge in [0.25, 0.3) is 5.91 Å². The number of hydrazone groups is 1. The van der Waals surface area contributed by atoms with Gasteiger partial charge in [0, 0.05) is 28.2 Å². The van der Waals surface area contributed by atoms with Crippen molar-refractivity contribution < 1.29 is 17.6 Å². The number of anilines is 1. The van der Waals surface area contributed by atoms with E-state index >= 15 is 0 Å². The molecule has 7 nitrogen and oxygen atoms in total. The fraction of sp³-hybridized carbons (Fsp3) is 0.143. The highest BCUT2D eigenvalue weighted by Crippen LogP contribution is 2.21. The van der Waals surface area contributed by atoms with E-state index in [1.54, 1.807) is 66.9 Å². The molecule has 0 spiro atoms. The van der Waals surface area contributed by atoms with Crippen LogP contribution < -0.4 is 9.73 Å². The largest absolute Gasteiger partial charge is 0.318 e. The number of aromatic nitrogens is 1. The van der Waals surface area contributed by atoms with E-state index < -0.39 is 15.9 Å². The number of halogens is 1. The third-order valence-corrected chi connectivity index (χ3v) is 7.05. The van der Waals surface area contributed by atoms with Gasteiger partial charge in [-0.05, 0) is 74.0 Å². The molecule has 4 rings (SSSR count). The Bertz CT molecular complexity index is 1530. The number of sulfonamides is 1. The monoisotopic (exact) mass is 518 g/mol. The Hall–Kier alpha value is -4.24. The summed E-state index contributed by atoms with van der Waals surface area (Å²) < 4.78 is 41.2. The van der Waals surface area contributed by atoms with Crippen LogP contribution in [0, 0.1) is 19.7 Å². The highest BCUT2D eigenvalue weighted by atomic mass is 32.2. The summed E-state index contributed by atoms with van der Waals surface area (Å²) in [7, 11) is -3.49. The van der Waals surface area contributed by atoms with Crippen molar-refractivity contribution in [1.29, 1.82) is 0 Å². The van der Waals surface area contributed by atoms with Gasteiger partial charge in [0.1, 0.15) is 5.82 Å². The van der Waals surface area contributed by atoms with Gasteiger partial charge in [0.2, 0.25) is 10.0 Å². The van der Waals surface area contributed by atoms with Crippen molar-refractivity contribution in [3.8, 4) is 5.69 Å². The van der Waals surface area contributed by atoms with Crippen molar-refractivity contribution in [2.45, 2.75) is 20.4 Å². The Balaban J connectivity index is 1.43. The van der Waals surface area contributed by atoms with Crippen molar-refractivity contribution in [3.05, 3.63) is 119 Å². The second-order valence-electron chi connectivity index (χ2n) is 8.64. The molecule has 0 atom stereocenters. The topological polar surface area (TPSA) is 83.8 Å². The summed E-state index contributed by atoms with van der Waals surface area (Å²) >= 11 is 0. The number of aryl methyl sites for hydroxylation is 1. The van der Waals surface area contributed by atoms with Gasteiger partial charge in [-0.2, -0.15) is 5.10 Å². The zero-order chi connectivity index (χ0) is 26.6. The molecule has 4 aromatic rings. The zero-order valence-corrected chi connectivity index (χ0v) is 21.5. The number of amides is 1. The average molecular weight is 519 g/mol. The Labute approximate surface area is 215 Å². The number of benzene rings is 3. The molecule has 0 bridgehead atoms. The maximum atomic E-state index is 13.3. The third-order valence-electron chi connectivity index (χ3n) is 5.91. The van der Waals surface area contributed by atoms with E-state index in [0.717, 1.165) is 34.5 Å². The molecule has 1 amide bonds. The summed E-state index contributed by atoms with van der Waals surface area (Å²) in [4.78, 5) is 12.6. The van der Waals surface area contributed by atoms with E-state index in [1.165, 1.54) is 16.4 Å². The second kappa shape index (κ2) is 10.8. The van der Waals surface area contributed by atoms with Crippen LogP contribution in [0.1, 0.15) is 32.9 Å². The first-order valence-electron chi connectivity index (χ1n) is 11.5. The molecule has 0 aliphatic carbocycles. The molecule has 0 aliphatic heterocycles. The number of nitrogens with one attached hydrogen (secondary N) is 1. The number of carbonyl (C=O) groups excluding carboxylic acids is 1. The summed E-state index contributed by atoms with van der Waals surface area (Å²) in [5.41, 5.74) is 7.73. The van der Waals surface area contributed by atoms with Gasteiger partial charge >= 0.3 is 0 Å². The third kappa shape index (κ3) is 6.13. The Morgan fingerprint density at radius 3 is 2.27 bits per heavy atom. The number of rotatable bonds is 8. The van der Waals surface area contributed by atoms with Gasteiger partial charge in [-0.15, -0.1) is 0 Å². The molecule has 9 heteroatoms. The molecule has 0 saturated carbocycles. The molecule has 37 heavy (non-hydrogen) atoms. The maximum Gasteiger partial charge on any atom is 0.271 e. The van der Waals surface area contributed by atoms with E-state index in [0.29, 0.717) is 11.3 Å². The lowest BCUT2D eigenvalue weighted by molar-refractivity contribution is 0.0955. The van der Waals surface area contributed by atoms with Crippen LogP contribution in [0.3, 0.4) is 0 Å². The molecule has 0 saturated heterocycles. The highest BCUT2D eigenvalue weighted by Gasteiger charge is 2.18. The summed E-state index contributed by atoms with van der Waals surface area (Å²) in [6.07, 6.45) is 2.73. The predicted octanol–water partition coefficient (Wildman–Crippen LogP) is 4.96. The van der Waals surface area contributed by atoms with Gasteiger partial charge in [-0.3, -0.25) is 9.10 Å². The second-order valence-corrected chi connectivity index (χ2v) is 10.5. The number of hydrogen-bond acceptors (Lipinski definition) is 4. The highest BCUT2D eigenvalue weighted by molar-refractivity contribution is 7.92. The molecule has 3 aromatic carbocycles. The van der Waals surface area contributed by atoms with E-state index in [4.69, 9.17) is 0 Å². The molecule has 1 N–H and O–H groups in total. The van der Waals surface area contributed by atoms with Crippen molar-refractivity contribution in [2.75, 3.05) is 10.6 Å². The minimum atomic E-state index is -3.49. The van der Waals surface area contributed by atoms with E-state index in [2.05, 4.69) is 10.5 Å². The number of nitrogens with zero attached hydrogens (tertiary/aromatic N) is 3. The molecular formula is C28H27FN4O3S. The van der Waals surface area contributed by atoms with Crippen molar-refractivity contribution >= 4 is 27.8 Å². The number of carbonyl (C=O) groups is 1. The van der Waals surface area contributed by atoms with Gasteiger partial charge in [-0.1, -0.05) is 30.3 Å². The van der Waals surface area contributed by atoms with Gasteiger partial charge in [0.15, 0.2) is 0 Å². The van der Waals surface area contributed by atoms with Crippen LogP contribution in [-0.2, 0) is 16.6 Å². The normalized spacial score (nSPS) is 11.6. The van der Waals surface area contributed by atoms with E-state index in [-0.39, 0.29) is 12.4 Å². The van der Waals surface area contributed by atoms with Crippen molar-refractivity contribution in [3.63, 3.8) is 0 Å². The lowest BCUT2D eigenvalue weighted by Crippen LogP contribution is -2.29. The van der Waals surface area contributed by atoms with E-state index in [1.807, 2.05) is 30.5 Å². The van der Waals surface area contributed by atoms with Crippen LogP contribution in [0.25, 0.3) is 5.69 Å². The molecule has 0 radical (unpaired) electrons. The summed E-state index contributed by atoms with van der Waals surface area (Å²) in [5.74, 6) is -0.689. The minimum absolute atomic E-state index is 0.145. The van der Waals surface area contributed by atoms with Crippen LogP contribution in [0.5, 0.6) is 0 Å². The van der Waals surface area contributed by atoms with Gasteiger partial charge < -0.3 is 4.57 Å². The first kappa shape index (κ1) is 25.8. The predicted molar refractivity (Wildman–Crippen MR) is 144 cm³/mol. The lowest BCUT2D eigenvalue weighted by atomic mass is 10.1. The smallest absolute Gasteiger partial charge is 0.271 e. The minimum Gasteiger partial charge on any atom is -0.318 e. The van der Waals surface area contributed by atoms with Crippen LogP contribution in [0.15, 0.2) is 90.0 Å². The fourth-order valence-electron chi connectivity index (χ4n) is 4.05. The summed E-state index contributed by atoms with van der Waals surface area (Å²) in [5, 5.41) is 4.10. The van der Waals surface area contributed by atoms with E-state index in [9.17, 15) is 17.6 Å². The SMILES string of the molecule is Cc1cc(C=NNC(=O)c2ccc(CN(c3ccccc3)S(C)(=O)=O)cc2)c(C)n1-c1ccc(F)cc1. The Morgan fingerprint density at radius 1 is 1.00 bits per heavy atom. The van der Waals surface area contributed by atoms with Crippen molar-refractivity contribution in [2.24, 2.45) is 5.10 Å². The molecule has 0 unspecified atom stereocenters. The molecular weight excluding hydrogens is 491 g/mol. The summed E-state index contributed by atoms with van der Waals surface area (Å²) in [6.45, 7) is 4.01. The standard InChI is InChI=1S/C28H27FN4O3S/c1-20-17-24(21(2)33(20)27-15-13-25(29)14-16-27)18-30-31-28(34)23-11-9-22(10-12-23)19-32(37(3,35)36)26-7-5-4-6-8-26/h4-18H,19H2,1-3H3,(H,31,34). The summed E-state index contributed by atoms with van der Waals surface area (Å²) in [6, 6.07) is 23.7. The number of para-hydroxylation sites is 1. The van der Waals surface area contributed by atoms with Crippen LogP contribution in [-0.4, -0.2) is 31.4 Å². The Morgan fingerprint density at radius 2 is 1.65 bits per heavy atom. The van der Waals surface area contributed by atoms with Crippen molar-refractivity contribution in [1.82, 2.24) is 9.99 Å².